The van der Waals surface area contributed by atoms with E-state index >= 15 is 0 Å². The summed E-state index contributed by atoms with van der Waals surface area (Å²) < 4.78 is 19.1. The molecule has 0 saturated carbocycles. The van der Waals surface area contributed by atoms with Crippen molar-refractivity contribution >= 4 is 21.6 Å². The number of halogens is 2. The molecule has 0 spiro atoms. The van der Waals surface area contributed by atoms with Gasteiger partial charge in [-0.15, -0.1) is 0 Å². The summed E-state index contributed by atoms with van der Waals surface area (Å²) in [5.41, 5.74) is 0.828. The van der Waals surface area contributed by atoms with Crippen molar-refractivity contribution in [3.05, 3.63) is 28.5 Å². The molecule has 1 aromatic carbocycles. The zero-order valence-electron chi connectivity index (χ0n) is 8.30. The monoisotopic (exact) mass is 273 g/mol. The Morgan fingerprint density at radius 3 is 2.67 bits per heavy atom. The average molecular weight is 274 g/mol. The molecule has 2 nitrogen and oxygen atoms in total. The van der Waals surface area contributed by atoms with E-state index in [9.17, 15) is 4.39 Å². The second kappa shape index (κ2) is 4.94. The zero-order valence-corrected chi connectivity index (χ0v) is 9.89. The molecule has 2 rings (SSSR count). The average Bonchev–Trinajstić information content (AvgIpc) is 2.17. The van der Waals surface area contributed by atoms with Gasteiger partial charge in [-0.25, -0.2) is 4.39 Å². The lowest BCUT2D eigenvalue weighted by atomic mass is 10.1. The van der Waals surface area contributed by atoms with Crippen molar-refractivity contribution in [1.82, 2.24) is 0 Å². The highest BCUT2D eigenvalue weighted by Crippen LogP contribution is 2.21. The van der Waals surface area contributed by atoms with Crippen LogP contribution in [-0.2, 0) is 4.74 Å². The second-order valence-corrected chi connectivity index (χ2v) is 4.60. The van der Waals surface area contributed by atoms with Crippen LogP contribution in [0.2, 0.25) is 0 Å². The zero-order chi connectivity index (χ0) is 10.7. The molecule has 1 aliphatic heterocycles. The van der Waals surface area contributed by atoms with E-state index in [-0.39, 0.29) is 5.82 Å². The van der Waals surface area contributed by atoms with Crippen LogP contribution < -0.4 is 5.32 Å². The molecule has 1 aromatic rings. The van der Waals surface area contributed by atoms with Gasteiger partial charge in [-0.05, 0) is 31.0 Å². The molecule has 1 aliphatic rings. The lowest BCUT2D eigenvalue weighted by molar-refractivity contribution is 0.0904. The summed E-state index contributed by atoms with van der Waals surface area (Å²) in [7, 11) is 0. The number of ether oxygens (including phenoxy) is 1. The maximum atomic E-state index is 13.1. The quantitative estimate of drug-likeness (QED) is 0.894. The van der Waals surface area contributed by atoms with Gasteiger partial charge in [-0.1, -0.05) is 15.9 Å². The summed E-state index contributed by atoms with van der Waals surface area (Å²) in [6.45, 7) is 1.57. The standard InChI is InChI=1S/C11H13BrFNO/c12-8-5-9(13)7-11(6-8)14-10-1-3-15-4-2-10/h5-7,10,14H,1-4H2. The molecule has 0 aliphatic carbocycles. The number of hydrogen-bond acceptors (Lipinski definition) is 2. The van der Waals surface area contributed by atoms with Gasteiger partial charge in [0.1, 0.15) is 5.82 Å². The number of benzene rings is 1. The van der Waals surface area contributed by atoms with E-state index in [1.165, 1.54) is 12.1 Å². The molecule has 0 aromatic heterocycles. The maximum Gasteiger partial charge on any atom is 0.126 e. The highest BCUT2D eigenvalue weighted by atomic mass is 79.9. The van der Waals surface area contributed by atoms with Gasteiger partial charge in [-0.2, -0.15) is 0 Å². The Bertz CT molecular complexity index is 319. The third kappa shape index (κ3) is 3.18. The van der Waals surface area contributed by atoms with E-state index in [1.54, 1.807) is 0 Å². The number of anilines is 1. The number of nitrogens with one attached hydrogen (secondary N) is 1. The van der Waals surface area contributed by atoms with Crippen molar-refractivity contribution in [2.75, 3.05) is 18.5 Å². The van der Waals surface area contributed by atoms with Crippen LogP contribution >= 0.6 is 15.9 Å². The molecule has 0 atom stereocenters. The van der Waals surface area contributed by atoms with Crippen molar-refractivity contribution in [3.63, 3.8) is 0 Å². The summed E-state index contributed by atoms with van der Waals surface area (Å²) in [6.07, 6.45) is 1.96. The van der Waals surface area contributed by atoms with Crippen molar-refractivity contribution in [3.8, 4) is 0 Å². The fraction of sp³-hybridized carbons (Fsp3) is 0.455. The summed E-state index contributed by atoms with van der Waals surface area (Å²) in [5, 5.41) is 3.31. The molecule has 82 valence electrons. The Morgan fingerprint density at radius 2 is 2.00 bits per heavy atom. The second-order valence-electron chi connectivity index (χ2n) is 3.69. The van der Waals surface area contributed by atoms with Crippen LogP contribution in [0.1, 0.15) is 12.8 Å². The predicted octanol–water partition coefficient (Wildman–Crippen LogP) is 3.18. The normalized spacial score (nSPS) is 17.7. The molecule has 0 bridgehead atoms. The van der Waals surface area contributed by atoms with Gasteiger partial charge in [0.2, 0.25) is 0 Å². The Kier molecular flexibility index (Phi) is 3.59. The van der Waals surface area contributed by atoms with Crippen LogP contribution in [-0.4, -0.2) is 19.3 Å². The SMILES string of the molecule is Fc1cc(Br)cc(NC2CCOCC2)c1. The van der Waals surface area contributed by atoms with Crippen LogP contribution in [0, 0.1) is 5.82 Å². The van der Waals surface area contributed by atoms with Gasteiger partial charge in [-0.3, -0.25) is 0 Å². The first-order valence-corrected chi connectivity index (χ1v) is 5.84. The minimum absolute atomic E-state index is 0.223. The van der Waals surface area contributed by atoms with Crippen LogP contribution in [0.15, 0.2) is 22.7 Å². The van der Waals surface area contributed by atoms with Gasteiger partial charge in [0.25, 0.3) is 0 Å². The first-order valence-electron chi connectivity index (χ1n) is 5.04. The van der Waals surface area contributed by atoms with Gasteiger partial charge in [0.15, 0.2) is 0 Å². The Hall–Kier alpha value is -0.610. The summed E-state index contributed by atoms with van der Waals surface area (Å²) in [4.78, 5) is 0. The van der Waals surface area contributed by atoms with E-state index in [1.807, 2.05) is 6.07 Å². The molecule has 0 radical (unpaired) electrons. The topological polar surface area (TPSA) is 21.3 Å². The smallest absolute Gasteiger partial charge is 0.126 e. The van der Waals surface area contributed by atoms with Gasteiger partial charge < -0.3 is 10.1 Å². The highest BCUT2D eigenvalue weighted by molar-refractivity contribution is 9.10. The predicted molar refractivity (Wildman–Crippen MR) is 61.6 cm³/mol. The Labute approximate surface area is 96.9 Å². The molecule has 4 heteroatoms. The van der Waals surface area contributed by atoms with Crippen LogP contribution in [0.3, 0.4) is 0 Å². The Balaban J connectivity index is 2.02. The summed E-state index contributed by atoms with van der Waals surface area (Å²) >= 11 is 3.27. The minimum Gasteiger partial charge on any atom is -0.382 e. The number of hydrogen-bond donors (Lipinski definition) is 1. The first kappa shape index (κ1) is 10.9. The lowest BCUT2D eigenvalue weighted by Crippen LogP contribution is -2.27. The third-order valence-electron chi connectivity index (χ3n) is 2.45. The van der Waals surface area contributed by atoms with E-state index < -0.39 is 0 Å². The summed E-state index contributed by atoms with van der Waals surface area (Å²) in [6, 6.07) is 5.25. The van der Waals surface area contributed by atoms with Crippen LogP contribution in [0.25, 0.3) is 0 Å². The molecule has 0 amide bonds. The third-order valence-corrected chi connectivity index (χ3v) is 2.91. The van der Waals surface area contributed by atoms with Crippen LogP contribution in [0.4, 0.5) is 10.1 Å². The largest absolute Gasteiger partial charge is 0.382 e. The highest BCUT2D eigenvalue weighted by Gasteiger charge is 2.13. The van der Waals surface area contributed by atoms with Crippen molar-refractivity contribution in [2.45, 2.75) is 18.9 Å². The fourth-order valence-electron chi connectivity index (χ4n) is 1.71. The lowest BCUT2D eigenvalue weighted by Gasteiger charge is -2.24. The van der Waals surface area contributed by atoms with Crippen molar-refractivity contribution in [1.29, 1.82) is 0 Å². The Morgan fingerprint density at radius 1 is 1.27 bits per heavy atom. The molecule has 15 heavy (non-hydrogen) atoms. The van der Waals surface area contributed by atoms with Gasteiger partial charge >= 0.3 is 0 Å². The summed E-state index contributed by atoms with van der Waals surface area (Å²) in [5.74, 6) is -0.223. The fourth-order valence-corrected chi connectivity index (χ4v) is 2.18. The molecule has 1 fully saturated rings. The first-order chi connectivity index (χ1) is 7.24. The minimum atomic E-state index is -0.223. The van der Waals surface area contributed by atoms with Crippen molar-refractivity contribution < 1.29 is 9.13 Å². The van der Waals surface area contributed by atoms with Crippen molar-refractivity contribution in [2.24, 2.45) is 0 Å². The van der Waals surface area contributed by atoms with Gasteiger partial charge in [0.05, 0.1) is 0 Å². The van der Waals surface area contributed by atoms with Gasteiger partial charge in [0, 0.05) is 29.4 Å². The van der Waals surface area contributed by atoms with E-state index in [0.717, 1.165) is 36.2 Å². The number of rotatable bonds is 2. The van der Waals surface area contributed by atoms with E-state index in [4.69, 9.17) is 4.74 Å². The molecular weight excluding hydrogens is 261 g/mol. The van der Waals surface area contributed by atoms with Crippen LogP contribution in [0.5, 0.6) is 0 Å². The molecule has 1 heterocycles. The van der Waals surface area contributed by atoms with E-state index in [2.05, 4.69) is 21.2 Å². The molecular formula is C11H13BrFNO. The molecule has 0 unspecified atom stereocenters. The van der Waals surface area contributed by atoms with E-state index in [0.29, 0.717) is 6.04 Å². The molecule has 1 N–H and O–H groups in total. The maximum absolute atomic E-state index is 13.1. The molecule has 1 saturated heterocycles.